The number of rotatable bonds is 4. The summed E-state index contributed by atoms with van der Waals surface area (Å²) in [6, 6.07) is 2.11. The highest BCUT2D eigenvalue weighted by Crippen LogP contribution is 2.27. The van der Waals surface area contributed by atoms with Crippen LogP contribution in [-0.2, 0) is 7.05 Å². The molecule has 10 nitrogen and oxygen atoms in total. The first-order valence-corrected chi connectivity index (χ1v) is 11.4. The average molecular weight is 448 g/mol. The van der Waals surface area contributed by atoms with E-state index in [0.29, 0.717) is 31.7 Å². The minimum Gasteiger partial charge on any atom is -0.352 e. The lowest BCUT2D eigenvalue weighted by Crippen LogP contribution is -2.49. The van der Waals surface area contributed by atoms with Crippen molar-refractivity contribution in [1.82, 2.24) is 39.4 Å². The number of pyridine rings is 1. The van der Waals surface area contributed by atoms with Gasteiger partial charge in [-0.2, -0.15) is 10.2 Å². The Labute approximate surface area is 192 Å². The Bertz CT molecular complexity index is 1330. The fraction of sp³-hybridized carbons (Fsp3) is 0.478. The predicted octanol–water partition coefficient (Wildman–Crippen LogP) is 2.77. The highest BCUT2D eigenvalue weighted by atomic mass is 16.2. The van der Waals surface area contributed by atoms with E-state index in [1.165, 1.54) is 0 Å². The van der Waals surface area contributed by atoms with Crippen LogP contribution in [0.2, 0.25) is 0 Å². The number of hydrogen-bond acceptors (Lipinski definition) is 7. The first kappa shape index (κ1) is 21.3. The maximum Gasteiger partial charge on any atom is 0.254 e. The average Bonchev–Trinajstić information content (AvgIpc) is 3.42. The lowest BCUT2D eigenvalue weighted by atomic mass is 10.0. The van der Waals surface area contributed by atoms with Gasteiger partial charge in [0.15, 0.2) is 11.3 Å². The molecule has 1 amide bonds. The SMILES string of the molecule is CC(C)c1cc(C(=O)N2CCN(c3ncnc4c3cnn4C)CC2)c2cnn(C(C)C)c2n1. The molecule has 5 heterocycles. The molecule has 1 aliphatic heterocycles. The van der Waals surface area contributed by atoms with Crippen LogP contribution in [0.5, 0.6) is 0 Å². The van der Waals surface area contributed by atoms with Gasteiger partial charge in [0.05, 0.1) is 28.7 Å². The zero-order valence-corrected chi connectivity index (χ0v) is 19.7. The normalized spacial score (nSPS) is 14.9. The molecule has 0 radical (unpaired) electrons. The summed E-state index contributed by atoms with van der Waals surface area (Å²) in [5, 5.41) is 10.6. The number of piperazine rings is 1. The van der Waals surface area contributed by atoms with Crippen LogP contribution in [0.1, 0.15) is 55.7 Å². The summed E-state index contributed by atoms with van der Waals surface area (Å²) in [5.74, 6) is 1.11. The quantitative estimate of drug-likeness (QED) is 0.474. The van der Waals surface area contributed by atoms with Crippen LogP contribution in [-0.4, -0.2) is 71.5 Å². The summed E-state index contributed by atoms with van der Waals surface area (Å²) in [4.78, 5) is 31.4. The topological polar surface area (TPSA) is 97.9 Å². The molecule has 10 heteroatoms. The van der Waals surface area contributed by atoms with E-state index < -0.39 is 0 Å². The van der Waals surface area contributed by atoms with Crippen molar-refractivity contribution in [2.45, 2.75) is 39.7 Å². The second-order valence-corrected chi connectivity index (χ2v) is 9.15. The van der Waals surface area contributed by atoms with Crippen molar-refractivity contribution in [3.05, 3.63) is 36.0 Å². The first-order chi connectivity index (χ1) is 15.8. The number of carbonyl (C=O) groups excluding carboxylic acids is 1. The molecular formula is C23H29N9O. The van der Waals surface area contributed by atoms with E-state index in [0.717, 1.165) is 33.6 Å². The van der Waals surface area contributed by atoms with E-state index in [9.17, 15) is 4.79 Å². The summed E-state index contributed by atoms with van der Waals surface area (Å²) >= 11 is 0. The Balaban J connectivity index is 1.42. The molecule has 5 rings (SSSR count). The molecule has 0 aromatic carbocycles. The van der Waals surface area contributed by atoms with Crippen LogP contribution in [0.4, 0.5) is 5.82 Å². The molecule has 0 atom stereocenters. The second-order valence-electron chi connectivity index (χ2n) is 9.15. The number of anilines is 1. The third-order valence-corrected chi connectivity index (χ3v) is 6.27. The third-order valence-electron chi connectivity index (χ3n) is 6.27. The van der Waals surface area contributed by atoms with Crippen LogP contribution in [0, 0.1) is 0 Å². The molecule has 1 aliphatic rings. The van der Waals surface area contributed by atoms with Crippen LogP contribution >= 0.6 is 0 Å². The molecule has 1 fully saturated rings. The maximum atomic E-state index is 13.6. The molecular weight excluding hydrogens is 418 g/mol. The van der Waals surface area contributed by atoms with Crippen molar-refractivity contribution in [2.75, 3.05) is 31.1 Å². The molecule has 0 N–H and O–H groups in total. The highest BCUT2D eigenvalue weighted by Gasteiger charge is 2.27. The van der Waals surface area contributed by atoms with Crippen LogP contribution in [0.3, 0.4) is 0 Å². The lowest BCUT2D eigenvalue weighted by Gasteiger charge is -2.35. The van der Waals surface area contributed by atoms with Crippen LogP contribution in [0.25, 0.3) is 22.1 Å². The fourth-order valence-electron chi connectivity index (χ4n) is 4.38. The van der Waals surface area contributed by atoms with Gasteiger partial charge in [0.1, 0.15) is 12.1 Å². The highest BCUT2D eigenvalue weighted by molar-refractivity contribution is 6.05. The molecule has 0 aliphatic carbocycles. The smallest absolute Gasteiger partial charge is 0.254 e. The minimum atomic E-state index is 0.0291. The van der Waals surface area contributed by atoms with Gasteiger partial charge in [-0.1, -0.05) is 13.8 Å². The van der Waals surface area contributed by atoms with Gasteiger partial charge < -0.3 is 9.80 Å². The van der Waals surface area contributed by atoms with E-state index in [4.69, 9.17) is 4.98 Å². The van der Waals surface area contributed by atoms with Gasteiger partial charge in [-0.15, -0.1) is 0 Å². The minimum absolute atomic E-state index is 0.0291. The largest absolute Gasteiger partial charge is 0.352 e. The Morgan fingerprint density at radius 2 is 1.67 bits per heavy atom. The Kier molecular flexibility index (Phi) is 5.22. The number of amides is 1. The molecule has 4 aromatic heterocycles. The van der Waals surface area contributed by atoms with Crippen molar-refractivity contribution in [2.24, 2.45) is 7.05 Å². The molecule has 172 valence electrons. The first-order valence-electron chi connectivity index (χ1n) is 11.4. The van der Waals surface area contributed by atoms with Crippen molar-refractivity contribution >= 4 is 33.8 Å². The fourth-order valence-corrected chi connectivity index (χ4v) is 4.38. The summed E-state index contributed by atoms with van der Waals surface area (Å²) in [6.07, 6.45) is 5.15. The van der Waals surface area contributed by atoms with Crippen molar-refractivity contribution in [3.8, 4) is 0 Å². The van der Waals surface area contributed by atoms with Crippen LogP contribution in [0.15, 0.2) is 24.8 Å². The number of aromatic nitrogens is 7. The molecule has 4 aromatic rings. The summed E-state index contributed by atoms with van der Waals surface area (Å²) in [5.41, 5.74) is 3.17. The number of fused-ring (bicyclic) bond motifs is 2. The standard InChI is InChI=1S/C23H29N9O/c1-14(2)19-10-16(17-11-27-32(15(3)4)22(17)28-19)23(33)31-8-6-30(7-9-31)21-18-12-26-29(5)20(18)24-13-25-21/h10-15H,6-9H2,1-5H3. The number of aryl methyl sites for hydroxylation is 1. The van der Waals surface area contributed by atoms with E-state index >= 15 is 0 Å². The molecule has 0 saturated carbocycles. The van der Waals surface area contributed by atoms with Gasteiger partial charge in [0.2, 0.25) is 0 Å². The van der Waals surface area contributed by atoms with Crippen molar-refractivity contribution < 1.29 is 4.79 Å². The summed E-state index contributed by atoms with van der Waals surface area (Å²) in [6.45, 7) is 11.0. The third kappa shape index (κ3) is 3.59. The number of carbonyl (C=O) groups is 1. The Morgan fingerprint density at radius 3 is 2.36 bits per heavy atom. The zero-order valence-electron chi connectivity index (χ0n) is 19.7. The van der Waals surface area contributed by atoms with Crippen molar-refractivity contribution in [3.63, 3.8) is 0 Å². The zero-order chi connectivity index (χ0) is 23.3. The van der Waals surface area contributed by atoms with Gasteiger partial charge in [0, 0.05) is 45.0 Å². The summed E-state index contributed by atoms with van der Waals surface area (Å²) < 4.78 is 3.64. The van der Waals surface area contributed by atoms with E-state index in [1.54, 1.807) is 23.4 Å². The summed E-state index contributed by atoms with van der Waals surface area (Å²) in [7, 11) is 1.87. The van der Waals surface area contributed by atoms with E-state index in [1.807, 2.05) is 22.7 Å². The number of nitrogens with zero attached hydrogens (tertiary/aromatic N) is 9. The van der Waals surface area contributed by atoms with Gasteiger partial charge >= 0.3 is 0 Å². The Hall–Kier alpha value is -3.56. The predicted molar refractivity (Wildman–Crippen MR) is 126 cm³/mol. The van der Waals surface area contributed by atoms with Crippen molar-refractivity contribution in [1.29, 1.82) is 0 Å². The van der Waals surface area contributed by atoms with Gasteiger partial charge in [-0.05, 0) is 25.8 Å². The molecule has 0 bridgehead atoms. The second kappa shape index (κ2) is 8.09. The Morgan fingerprint density at radius 1 is 0.939 bits per heavy atom. The van der Waals surface area contributed by atoms with Crippen LogP contribution < -0.4 is 4.90 Å². The molecule has 0 spiro atoms. The van der Waals surface area contributed by atoms with Gasteiger partial charge in [0.25, 0.3) is 5.91 Å². The lowest BCUT2D eigenvalue weighted by molar-refractivity contribution is 0.0748. The van der Waals surface area contributed by atoms with Gasteiger partial charge in [-0.25, -0.2) is 19.6 Å². The van der Waals surface area contributed by atoms with Gasteiger partial charge in [-0.3, -0.25) is 9.48 Å². The van der Waals surface area contributed by atoms with E-state index in [2.05, 4.69) is 52.8 Å². The molecule has 0 unspecified atom stereocenters. The molecule has 1 saturated heterocycles. The maximum absolute atomic E-state index is 13.6. The van der Waals surface area contributed by atoms with E-state index in [-0.39, 0.29) is 17.9 Å². The molecule has 33 heavy (non-hydrogen) atoms. The number of hydrogen-bond donors (Lipinski definition) is 0. The monoisotopic (exact) mass is 447 g/mol.